The highest BCUT2D eigenvalue weighted by molar-refractivity contribution is 6.03. The van der Waals surface area contributed by atoms with Crippen LogP contribution in [0.2, 0.25) is 0 Å². The number of rotatable bonds is 7. The molecule has 1 aliphatic carbocycles. The average molecular weight is 432 g/mol. The van der Waals surface area contributed by atoms with Crippen molar-refractivity contribution in [3.8, 4) is 11.1 Å². The Kier molecular flexibility index (Phi) is 6.86. The third-order valence-corrected chi connectivity index (χ3v) is 6.01. The second-order valence-corrected chi connectivity index (χ2v) is 8.09. The van der Waals surface area contributed by atoms with Gasteiger partial charge in [0, 0.05) is 35.9 Å². The fourth-order valence-corrected chi connectivity index (χ4v) is 4.50. The summed E-state index contributed by atoms with van der Waals surface area (Å²) in [5, 5.41) is 3.32. The molecule has 1 N–H and O–H groups in total. The maximum Gasteiger partial charge on any atom is 0.336 e. The van der Waals surface area contributed by atoms with Crippen LogP contribution in [0.15, 0.2) is 77.1 Å². The average Bonchev–Trinajstić information content (AvgIpc) is 2.82. The van der Waals surface area contributed by atoms with Crippen LogP contribution in [0, 0.1) is 0 Å². The summed E-state index contributed by atoms with van der Waals surface area (Å²) in [6.45, 7) is 4.89. The van der Waals surface area contributed by atoms with E-state index in [9.17, 15) is 9.59 Å². The molecule has 1 heterocycles. The van der Waals surface area contributed by atoms with Gasteiger partial charge in [0.25, 0.3) is 0 Å². The molecule has 1 aliphatic heterocycles. The fourth-order valence-electron chi connectivity index (χ4n) is 4.50. The molecular formula is C27H29NO4. The van der Waals surface area contributed by atoms with Gasteiger partial charge < -0.3 is 14.8 Å². The summed E-state index contributed by atoms with van der Waals surface area (Å²) in [6, 6.07) is 18.3. The van der Waals surface area contributed by atoms with E-state index in [0.29, 0.717) is 30.8 Å². The highest BCUT2D eigenvalue weighted by atomic mass is 16.6. The van der Waals surface area contributed by atoms with Crippen molar-refractivity contribution in [3.63, 3.8) is 0 Å². The third-order valence-electron chi connectivity index (χ3n) is 6.01. The Bertz CT molecular complexity index is 1050. The first-order chi connectivity index (χ1) is 15.6. The Labute approximate surface area is 189 Å². The van der Waals surface area contributed by atoms with Crippen molar-refractivity contribution < 1.29 is 19.1 Å². The molecule has 1 atom stereocenters. The van der Waals surface area contributed by atoms with E-state index in [1.807, 2.05) is 56.3 Å². The summed E-state index contributed by atoms with van der Waals surface area (Å²) >= 11 is 0. The molecule has 0 amide bonds. The zero-order valence-corrected chi connectivity index (χ0v) is 18.6. The Morgan fingerprint density at radius 3 is 2.44 bits per heavy atom. The van der Waals surface area contributed by atoms with Gasteiger partial charge in [-0.3, -0.25) is 4.79 Å². The molecule has 5 heteroatoms. The lowest BCUT2D eigenvalue weighted by atomic mass is 9.75. The fraction of sp³-hybridized carbons (Fsp3) is 0.333. The lowest BCUT2D eigenvalue weighted by Crippen LogP contribution is -2.34. The van der Waals surface area contributed by atoms with Crippen LogP contribution in [0.4, 0.5) is 0 Å². The third kappa shape index (κ3) is 4.53. The summed E-state index contributed by atoms with van der Waals surface area (Å²) in [6.07, 6.45) is 2.14. The molecule has 0 fully saturated rings. The van der Waals surface area contributed by atoms with Crippen LogP contribution in [0.25, 0.3) is 11.1 Å². The lowest BCUT2D eigenvalue weighted by Gasteiger charge is -2.34. The topological polar surface area (TPSA) is 64.6 Å². The number of benzene rings is 2. The van der Waals surface area contributed by atoms with Crippen LogP contribution >= 0.6 is 0 Å². The van der Waals surface area contributed by atoms with Crippen LogP contribution in [-0.4, -0.2) is 31.6 Å². The molecule has 1 unspecified atom stereocenters. The number of hydrogen-bond donors (Lipinski definition) is 1. The molecule has 0 spiro atoms. The van der Waals surface area contributed by atoms with E-state index in [-0.39, 0.29) is 12.4 Å². The van der Waals surface area contributed by atoms with Crippen molar-refractivity contribution in [2.75, 3.05) is 19.8 Å². The van der Waals surface area contributed by atoms with Gasteiger partial charge in [0.2, 0.25) is 0 Å². The maximum absolute atomic E-state index is 13.1. The summed E-state index contributed by atoms with van der Waals surface area (Å²) in [5.74, 6) is -0.733. The first-order valence-corrected chi connectivity index (χ1v) is 11.2. The molecule has 0 bridgehead atoms. The second kappa shape index (κ2) is 9.96. The summed E-state index contributed by atoms with van der Waals surface area (Å²) < 4.78 is 10.8. The highest BCUT2D eigenvalue weighted by Crippen LogP contribution is 2.42. The van der Waals surface area contributed by atoms with Crippen molar-refractivity contribution in [2.45, 2.75) is 39.0 Å². The molecule has 4 rings (SSSR count). The maximum atomic E-state index is 13.1. The van der Waals surface area contributed by atoms with Gasteiger partial charge >= 0.3 is 5.97 Å². The van der Waals surface area contributed by atoms with Gasteiger partial charge in [0.1, 0.15) is 6.61 Å². The SMILES string of the molecule is CCOCCOC(=O)C1=C(C)NC2=C(C(=O)CCC2)C1c1ccc(-c2ccccc2)cc1. The van der Waals surface area contributed by atoms with E-state index < -0.39 is 11.9 Å². The number of nitrogens with one attached hydrogen (secondary N) is 1. The minimum Gasteiger partial charge on any atom is -0.460 e. The summed E-state index contributed by atoms with van der Waals surface area (Å²) in [7, 11) is 0. The normalized spacial score (nSPS) is 18.3. The molecular weight excluding hydrogens is 402 g/mol. The van der Waals surface area contributed by atoms with Crippen LogP contribution in [0.3, 0.4) is 0 Å². The molecule has 32 heavy (non-hydrogen) atoms. The molecule has 0 saturated carbocycles. The van der Waals surface area contributed by atoms with Crippen LogP contribution < -0.4 is 5.32 Å². The van der Waals surface area contributed by atoms with Crippen molar-refractivity contribution in [1.82, 2.24) is 5.32 Å². The smallest absolute Gasteiger partial charge is 0.336 e. The molecule has 2 aromatic rings. The number of carbonyl (C=O) groups is 2. The number of carbonyl (C=O) groups excluding carboxylic acids is 2. The largest absolute Gasteiger partial charge is 0.460 e. The predicted octanol–water partition coefficient (Wildman–Crippen LogP) is 4.90. The van der Waals surface area contributed by atoms with Gasteiger partial charge in [0.05, 0.1) is 12.2 Å². The van der Waals surface area contributed by atoms with Crippen LogP contribution in [-0.2, 0) is 19.1 Å². The van der Waals surface area contributed by atoms with Gasteiger partial charge in [-0.25, -0.2) is 4.79 Å². The summed E-state index contributed by atoms with van der Waals surface area (Å²) in [4.78, 5) is 26.1. The van der Waals surface area contributed by atoms with Gasteiger partial charge in [0.15, 0.2) is 5.78 Å². The highest BCUT2D eigenvalue weighted by Gasteiger charge is 2.39. The zero-order valence-electron chi connectivity index (χ0n) is 18.6. The van der Waals surface area contributed by atoms with E-state index in [1.165, 1.54) is 0 Å². The van der Waals surface area contributed by atoms with Crippen molar-refractivity contribution >= 4 is 11.8 Å². The summed E-state index contributed by atoms with van der Waals surface area (Å²) in [5.41, 5.74) is 6.02. The Balaban J connectivity index is 1.70. The lowest BCUT2D eigenvalue weighted by molar-refractivity contribution is -0.140. The van der Waals surface area contributed by atoms with Gasteiger partial charge in [-0.05, 0) is 43.4 Å². The number of allylic oxidation sites excluding steroid dienone is 3. The van der Waals surface area contributed by atoms with E-state index in [0.717, 1.165) is 40.9 Å². The minimum atomic E-state index is -0.427. The Morgan fingerprint density at radius 2 is 1.72 bits per heavy atom. The number of hydrogen-bond acceptors (Lipinski definition) is 5. The molecule has 2 aromatic carbocycles. The van der Waals surface area contributed by atoms with Gasteiger partial charge in [-0.15, -0.1) is 0 Å². The van der Waals surface area contributed by atoms with E-state index >= 15 is 0 Å². The number of Topliss-reactive ketones (excluding diaryl/α,β-unsaturated/α-hetero) is 1. The number of dihydropyridines is 1. The molecule has 0 radical (unpaired) electrons. The monoisotopic (exact) mass is 431 g/mol. The van der Waals surface area contributed by atoms with Crippen molar-refractivity contribution in [1.29, 1.82) is 0 Å². The van der Waals surface area contributed by atoms with E-state index in [1.54, 1.807) is 0 Å². The molecule has 0 saturated heterocycles. The van der Waals surface area contributed by atoms with E-state index in [2.05, 4.69) is 17.4 Å². The quantitative estimate of drug-likeness (QED) is 0.499. The Hall–Kier alpha value is -3.18. The van der Waals surface area contributed by atoms with Gasteiger partial charge in [-0.1, -0.05) is 54.6 Å². The predicted molar refractivity (Wildman–Crippen MR) is 124 cm³/mol. The standard InChI is InChI=1S/C27H29NO4/c1-3-31-16-17-32-27(30)24-18(2)28-22-10-7-11-23(29)26(22)25(24)21-14-12-20(13-15-21)19-8-5-4-6-9-19/h4-6,8-9,12-15,25,28H,3,7,10-11,16-17H2,1-2H3. The minimum absolute atomic E-state index is 0.100. The molecule has 0 aromatic heterocycles. The Morgan fingerprint density at radius 1 is 1.00 bits per heavy atom. The van der Waals surface area contributed by atoms with Crippen LogP contribution in [0.1, 0.15) is 44.6 Å². The number of ether oxygens (including phenoxy) is 2. The molecule has 2 aliphatic rings. The number of ketones is 1. The van der Waals surface area contributed by atoms with Gasteiger partial charge in [-0.2, -0.15) is 0 Å². The first-order valence-electron chi connectivity index (χ1n) is 11.2. The van der Waals surface area contributed by atoms with Crippen molar-refractivity contribution in [3.05, 3.63) is 82.7 Å². The first kappa shape index (κ1) is 22.0. The second-order valence-electron chi connectivity index (χ2n) is 8.09. The van der Waals surface area contributed by atoms with E-state index in [4.69, 9.17) is 9.47 Å². The zero-order chi connectivity index (χ0) is 22.5. The van der Waals surface area contributed by atoms with Crippen LogP contribution in [0.5, 0.6) is 0 Å². The molecule has 166 valence electrons. The number of esters is 1. The van der Waals surface area contributed by atoms with Crippen molar-refractivity contribution in [2.24, 2.45) is 0 Å². The molecule has 5 nitrogen and oxygen atoms in total.